The van der Waals surface area contributed by atoms with Gasteiger partial charge in [-0.3, -0.25) is 10.1 Å². The number of carbonyl (C=O) groups is 3. The summed E-state index contributed by atoms with van der Waals surface area (Å²) in [5, 5.41) is 13.1. The van der Waals surface area contributed by atoms with Crippen molar-refractivity contribution >= 4 is 23.5 Å². The predicted octanol–water partition coefficient (Wildman–Crippen LogP) is 4.22. The number of carboxylic acids is 1. The second-order valence-corrected chi connectivity index (χ2v) is 8.81. The van der Waals surface area contributed by atoms with E-state index in [1.165, 1.54) is 0 Å². The number of benzene rings is 2. The Balaban J connectivity index is 1.94. The molecule has 1 aliphatic rings. The summed E-state index contributed by atoms with van der Waals surface area (Å²) in [5.41, 5.74) is 1.68. The normalized spacial score (nSPS) is 21.4. The molecule has 7 heteroatoms. The fourth-order valence-electron chi connectivity index (χ4n) is 4.55. The smallest absolute Gasteiger partial charge is 0.360 e. The van der Waals surface area contributed by atoms with Gasteiger partial charge in [-0.1, -0.05) is 55.0 Å². The second kappa shape index (κ2) is 13.0. The fraction of sp³-hybridized carbons (Fsp3) is 0.393. The maximum Gasteiger partial charge on any atom is 0.360 e. The molecule has 0 aliphatic carbocycles. The Kier molecular flexibility index (Phi) is 9.76. The van der Waals surface area contributed by atoms with E-state index in [2.05, 4.69) is 5.32 Å². The SMILES string of the molecule is CCOC(=O)C(CCc1ccccc1)NC1CCCCC=C[N+](CC(=O)O)(c2ccccc2)C1=O. The van der Waals surface area contributed by atoms with Gasteiger partial charge in [-0.15, -0.1) is 0 Å². The van der Waals surface area contributed by atoms with Gasteiger partial charge in [0, 0.05) is 12.1 Å². The van der Waals surface area contributed by atoms with Crippen molar-refractivity contribution in [1.82, 2.24) is 9.80 Å². The zero-order valence-electron chi connectivity index (χ0n) is 20.3. The molecule has 3 atom stereocenters. The van der Waals surface area contributed by atoms with Gasteiger partial charge in [0.15, 0.2) is 6.54 Å². The highest BCUT2D eigenvalue weighted by Crippen LogP contribution is 2.28. The number of carbonyl (C=O) groups excluding carboxylic acids is 2. The van der Waals surface area contributed by atoms with Gasteiger partial charge in [0.1, 0.15) is 24.0 Å². The van der Waals surface area contributed by atoms with Gasteiger partial charge in [0.25, 0.3) is 0 Å². The molecule has 0 bridgehead atoms. The third kappa shape index (κ3) is 7.10. The third-order valence-corrected chi connectivity index (χ3v) is 6.30. The van der Waals surface area contributed by atoms with E-state index in [1.54, 1.807) is 37.4 Å². The Labute approximate surface area is 207 Å². The Hall–Kier alpha value is -3.29. The van der Waals surface area contributed by atoms with E-state index in [9.17, 15) is 19.5 Å². The number of amides is 1. The summed E-state index contributed by atoms with van der Waals surface area (Å²) in [6.07, 6.45) is 7.62. The van der Waals surface area contributed by atoms with Crippen molar-refractivity contribution in [3.63, 3.8) is 0 Å². The molecule has 1 amide bonds. The molecule has 3 unspecified atom stereocenters. The molecule has 1 heterocycles. The highest BCUT2D eigenvalue weighted by atomic mass is 16.5. The fourth-order valence-corrected chi connectivity index (χ4v) is 4.55. The van der Waals surface area contributed by atoms with Crippen LogP contribution in [0.5, 0.6) is 0 Å². The van der Waals surface area contributed by atoms with E-state index < -0.39 is 35.1 Å². The molecule has 0 saturated carbocycles. The molecule has 2 N–H and O–H groups in total. The molecule has 0 saturated heterocycles. The van der Waals surface area contributed by atoms with Gasteiger partial charge in [-0.05, 0) is 50.7 Å². The summed E-state index contributed by atoms with van der Waals surface area (Å²) in [7, 11) is 0. The molecular formula is C28H35N2O5+. The molecule has 2 aromatic carbocycles. The number of aryl methyl sites for hydroxylation is 1. The first-order valence-electron chi connectivity index (χ1n) is 12.3. The van der Waals surface area contributed by atoms with Crippen LogP contribution >= 0.6 is 0 Å². The van der Waals surface area contributed by atoms with Crippen LogP contribution in [0.25, 0.3) is 0 Å². The zero-order chi connectivity index (χ0) is 25.1. The first-order chi connectivity index (χ1) is 17.0. The van der Waals surface area contributed by atoms with Crippen molar-refractivity contribution in [1.29, 1.82) is 0 Å². The molecule has 0 aromatic heterocycles. The molecule has 1 aliphatic heterocycles. The van der Waals surface area contributed by atoms with Crippen molar-refractivity contribution < 1.29 is 24.2 Å². The Morgan fingerprint density at radius 2 is 1.77 bits per heavy atom. The lowest BCUT2D eigenvalue weighted by atomic mass is 10.0. The van der Waals surface area contributed by atoms with Gasteiger partial charge in [-0.2, -0.15) is 4.48 Å². The first kappa shape index (κ1) is 26.3. The quantitative estimate of drug-likeness (QED) is 0.392. The van der Waals surface area contributed by atoms with Crippen LogP contribution in [0, 0.1) is 0 Å². The van der Waals surface area contributed by atoms with Gasteiger partial charge in [0.05, 0.1) is 6.61 Å². The molecule has 3 rings (SSSR count). The van der Waals surface area contributed by atoms with E-state index in [0.717, 1.165) is 24.8 Å². The average Bonchev–Trinajstić information content (AvgIpc) is 2.93. The number of hydrogen-bond donors (Lipinski definition) is 2. The van der Waals surface area contributed by atoms with E-state index >= 15 is 0 Å². The van der Waals surface area contributed by atoms with E-state index in [1.807, 2.05) is 42.5 Å². The number of hydrogen-bond acceptors (Lipinski definition) is 5. The van der Waals surface area contributed by atoms with Crippen molar-refractivity contribution in [2.45, 2.75) is 57.5 Å². The number of rotatable bonds is 10. The second-order valence-electron chi connectivity index (χ2n) is 8.81. The summed E-state index contributed by atoms with van der Waals surface area (Å²) >= 11 is 0. The Bertz CT molecular complexity index is 1010. The Morgan fingerprint density at radius 3 is 2.43 bits per heavy atom. The summed E-state index contributed by atoms with van der Waals surface area (Å²) in [6.45, 7) is 1.59. The number of carboxylic acid groups (broad SMARTS) is 1. The summed E-state index contributed by atoms with van der Waals surface area (Å²) < 4.78 is 4.88. The minimum atomic E-state index is -1.07. The van der Waals surface area contributed by atoms with Crippen LogP contribution in [0.15, 0.2) is 72.9 Å². The molecule has 35 heavy (non-hydrogen) atoms. The molecule has 0 spiro atoms. The van der Waals surface area contributed by atoms with Crippen molar-refractivity contribution in [3.8, 4) is 0 Å². The predicted molar refractivity (Wildman–Crippen MR) is 135 cm³/mol. The van der Waals surface area contributed by atoms with Crippen molar-refractivity contribution in [2.24, 2.45) is 0 Å². The van der Waals surface area contributed by atoms with E-state index in [-0.39, 0.29) is 12.5 Å². The van der Waals surface area contributed by atoms with Gasteiger partial charge < -0.3 is 9.84 Å². The van der Waals surface area contributed by atoms with E-state index in [0.29, 0.717) is 24.9 Å². The number of para-hydroxylation sites is 1. The summed E-state index contributed by atoms with van der Waals surface area (Å²) in [6, 6.07) is 17.4. The van der Waals surface area contributed by atoms with Crippen LogP contribution in [-0.2, 0) is 25.5 Å². The zero-order valence-corrected chi connectivity index (χ0v) is 20.3. The number of ether oxygens (including phenoxy) is 1. The standard InChI is InChI=1S/C28H34N2O5/c1-2-35-28(34)25(19-18-22-13-7-5-8-14-22)29-24-17-11-3-4-12-20-30(27(24)33,21-26(31)32)23-15-9-6-10-16-23/h5-10,12-16,20,24-25,29H,2-4,11,17-19,21H2,1H3/p+1. The van der Waals surface area contributed by atoms with E-state index in [4.69, 9.17) is 4.74 Å². The number of esters is 1. The first-order valence-corrected chi connectivity index (χ1v) is 12.3. The lowest BCUT2D eigenvalue weighted by molar-refractivity contribution is -0.147. The molecule has 186 valence electrons. The minimum absolute atomic E-state index is 0.243. The summed E-state index contributed by atoms with van der Waals surface area (Å²) in [5.74, 6) is -1.76. The maximum absolute atomic E-state index is 14.1. The van der Waals surface area contributed by atoms with Crippen molar-refractivity contribution in [2.75, 3.05) is 13.2 Å². The largest absolute Gasteiger partial charge is 0.477 e. The van der Waals surface area contributed by atoms with Gasteiger partial charge in [-0.25, -0.2) is 9.59 Å². The van der Waals surface area contributed by atoms with Crippen LogP contribution in [0.2, 0.25) is 0 Å². The lowest BCUT2D eigenvalue weighted by Crippen LogP contribution is -2.61. The number of nitrogens with one attached hydrogen (secondary N) is 1. The number of quaternary nitrogens is 1. The Morgan fingerprint density at radius 1 is 1.09 bits per heavy atom. The maximum atomic E-state index is 14.1. The highest BCUT2D eigenvalue weighted by molar-refractivity contribution is 5.97. The van der Waals surface area contributed by atoms with Crippen LogP contribution in [0.3, 0.4) is 0 Å². The molecule has 7 nitrogen and oxygen atoms in total. The molecule has 2 aromatic rings. The molecular weight excluding hydrogens is 444 g/mol. The van der Waals surface area contributed by atoms with Crippen LogP contribution in [0.4, 0.5) is 5.69 Å². The molecule has 0 radical (unpaired) electrons. The van der Waals surface area contributed by atoms with Crippen LogP contribution < -0.4 is 9.80 Å². The molecule has 0 fully saturated rings. The van der Waals surface area contributed by atoms with Gasteiger partial charge >= 0.3 is 17.8 Å². The highest BCUT2D eigenvalue weighted by Gasteiger charge is 2.45. The number of allylic oxidation sites excluding steroid dienone is 1. The third-order valence-electron chi connectivity index (χ3n) is 6.30. The average molecular weight is 480 g/mol. The van der Waals surface area contributed by atoms with Gasteiger partial charge in [0.2, 0.25) is 0 Å². The van der Waals surface area contributed by atoms with Crippen LogP contribution in [0.1, 0.15) is 44.6 Å². The number of nitrogens with zero attached hydrogens (tertiary/aromatic N) is 1. The lowest BCUT2D eigenvalue weighted by Gasteiger charge is -2.34. The number of aliphatic carboxylic acids is 1. The van der Waals surface area contributed by atoms with Crippen LogP contribution in [-0.4, -0.2) is 48.2 Å². The summed E-state index contributed by atoms with van der Waals surface area (Å²) in [4.78, 5) is 39.0. The minimum Gasteiger partial charge on any atom is -0.477 e. The monoisotopic (exact) mass is 479 g/mol. The topological polar surface area (TPSA) is 92.7 Å². The van der Waals surface area contributed by atoms with Crippen molar-refractivity contribution in [3.05, 3.63) is 78.5 Å².